The van der Waals surface area contributed by atoms with Gasteiger partial charge < -0.3 is 19.5 Å². The highest BCUT2D eigenvalue weighted by molar-refractivity contribution is 14.0. The molecule has 1 N–H and O–H groups in total. The van der Waals surface area contributed by atoms with E-state index in [-0.39, 0.29) is 24.0 Å². The van der Waals surface area contributed by atoms with Crippen LogP contribution in [-0.4, -0.2) is 83.5 Å². The van der Waals surface area contributed by atoms with E-state index in [2.05, 4.69) is 75.0 Å². The number of ether oxygens (including phenoxy) is 1. The van der Waals surface area contributed by atoms with Gasteiger partial charge in [0.05, 0.1) is 13.2 Å². The maximum absolute atomic E-state index is 5.43. The van der Waals surface area contributed by atoms with Gasteiger partial charge in [0, 0.05) is 59.3 Å². The summed E-state index contributed by atoms with van der Waals surface area (Å²) in [5.74, 6) is 1.95. The highest BCUT2D eigenvalue weighted by Gasteiger charge is 2.11. The quantitative estimate of drug-likeness (QED) is 0.211. The summed E-state index contributed by atoms with van der Waals surface area (Å²) in [6.07, 6.45) is 3.74. The number of nitrogens with zero attached hydrogens (tertiary/aromatic N) is 6. The molecule has 0 saturated carbocycles. The Bertz CT molecular complexity index is 803. The molecule has 3 rings (SSSR count). The van der Waals surface area contributed by atoms with Crippen LogP contribution in [0.2, 0.25) is 0 Å². The number of aliphatic imine (C=N–C) groups is 1. The molecule has 0 spiro atoms. The Morgan fingerprint density at radius 1 is 1.19 bits per heavy atom. The summed E-state index contributed by atoms with van der Waals surface area (Å²) in [6, 6.07) is 8.70. The van der Waals surface area contributed by atoms with Gasteiger partial charge in [0.25, 0.3) is 0 Å². The smallest absolute Gasteiger partial charge is 0.194 e. The summed E-state index contributed by atoms with van der Waals surface area (Å²) in [6.45, 7) is 12.3. The highest BCUT2D eigenvalue weighted by atomic mass is 127. The van der Waals surface area contributed by atoms with Crippen molar-refractivity contribution in [1.29, 1.82) is 0 Å². The van der Waals surface area contributed by atoms with Crippen LogP contribution in [0.5, 0.6) is 0 Å². The summed E-state index contributed by atoms with van der Waals surface area (Å²) < 4.78 is 7.53. The maximum Gasteiger partial charge on any atom is 0.194 e. The first-order valence-electron chi connectivity index (χ1n) is 11.4. The first-order valence-corrected chi connectivity index (χ1v) is 11.4. The van der Waals surface area contributed by atoms with Crippen LogP contribution in [0.1, 0.15) is 30.3 Å². The van der Waals surface area contributed by atoms with E-state index in [0.29, 0.717) is 0 Å². The summed E-state index contributed by atoms with van der Waals surface area (Å²) in [5.41, 5.74) is 2.56. The van der Waals surface area contributed by atoms with Crippen molar-refractivity contribution in [2.45, 2.75) is 39.8 Å². The number of hydrogen-bond acceptors (Lipinski definition) is 5. The zero-order valence-electron chi connectivity index (χ0n) is 19.7. The van der Waals surface area contributed by atoms with Crippen molar-refractivity contribution < 1.29 is 4.74 Å². The molecule has 0 amide bonds. The third-order valence-corrected chi connectivity index (χ3v) is 5.55. The Kier molecular flexibility index (Phi) is 12.0. The minimum absolute atomic E-state index is 0. The van der Waals surface area contributed by atoms with Crippen LogP contribution < -0.4 is 5.32 Å². The Hall–Kier alpha value is -1.72. The monoisotopic (exact) mass is 555 g/mol. The van der Waals surface area contributed by atoms with Gasteiger partial charge in [-0.25, -0.2) is 0 Å². The van der Waals surface area contributed by atoms with Crippen LogP contribution in [0.25, 0.3) is 0 Å². The van der Waals surface area contributed by atoms with Gasteiger partial charge in [-0.2, -0.15) is 0 Å². The minimum atomic E-state index is 0. The number of aromatic nitrogens is 3. The lowest BCUT2D eigenvalue weighted by atomic mass is 10.1. The highest BCUT2D eigenvalue weighted by Crippen LogP contribution is 2.06. The molecular weight excluding hydrogens is 517 g/mol. The van der Waals surface area contributed by atoms with E-state index in [0.717, 1.165) is 83.7 Å². The van der Waals surface area contributed by atoms with E-state index >= 15 is 0 Å². The molecule has 2 aromatic rings. The van der Waals surface area contributed by atoms with Crippen molar-refractivity contribution >= 4 is 29.9 Å². The molecule has 1 aliphatic rings. The topological polar surface area (TPSA) is 70.8 Å². The molecule has 0 bridgehead atoms. The van der Waals surface area contributed by atoms with E-state index < -0.39 is 0 Å². The second-order valence-corrected chi connectivity index (χ2v) is 8.08. The first kappa shape index (κ1) is 26.5. The molecule has 9 heteroatoms. The summed E-state index contributed by atoms with van der Waals surface area (Å²) >= 11 is 0. The maximum atomic E-state index is 5.43. The summed E-state index contributed by atoms with van der Waals surface area (Å²) in [7, 11) is 2.10. The molecule has 1 fully saturated rings. The van der Waals surface area contributed by atoms with Gasteiger partial charge in [-0.05, 0) is 18.9 Å². The fraction of sp³-hybridized carbons (Fsp3) is 0.609. The third-order valence-electron chi connectivity index (χ3n) is 5.55. The van der Waals surface area contributed by atoms with E-state index in [4.69, 9.17) is 9.73 Å². The molecule has 8 nitrogen and oxygen atoms in total. The van der Waals surface area contributed by atoms with Crippen molar-refractivity contribution in [3.8, 4) is 0 Å². The lowest BCUT2D eigenvalue weighted by Crippen LogP contribution is -2.40. The molecule has 0 atom stereocenters. The van der Waals surface area contributed by atoms with Crippen molar-refractivity contribution in [3.05, 3.63) is 47.5 Å². The number of halogens is 1. The van der Waals surface area contributed by atoms with Crippen LogP contribution >= 0.6 is 24.0 Å². The lowest BCUT2D eigenvalue weighted by Gasteiger charge is -2.26. The van der Waals surface area contributed by atoms with Gasteiger partial charge in [-0.3, -0.25) is 9.89 Å². The lowest BCUT2D eigenvalue weighted by molar-refractivity contribution is 0.0377. The van der Waals surface area contributed by atoms with Crippen LogP contribution in [0.3, 0.4) is 0 Å². The molecular formula is C23H38IN7O. The number of guanidine groups is 1. The standard InChI is InChI=1S/C23H37N7O.HI/c1-4-22-27-26-19-30(22)13-11-25-23(24-10-5-12-29-14-16-31-17-15-29)28(3)18-21-8-6-20(2)7-9-21;/h6-9,19H,4-5,10-18H2,1-3H3,(H,24,25);1H. The van der Waals surface area contributed by atoms with Gasteiger partial charge in [0.1, 0.15) is 12.2 Å². The van der Waals surface area contributed by atoms with Crippen LogP contribution in [0.4, 0.5) is 0 Å². The van der Waals surface area contributed by atoms with Crippen LogP contribution in [0.15, 0.2) is 35.6 Å². The van der Waals surface area contributed by atoms with Crippen molar-refractivity contribution in [2.24, 2.45) is 4.99 Å². The average Bonchev–Trinajstić information content (AvgIpc) is 3.25. The second-order valence-electron chi connectivity index (χ2n) is 8.08. The molecule has 178 valence electrons. The number of aryl methyl sites for hydroxylation is 2. The second kappa shape index (κ2) is 14.4. The number of morpholine rings is 1. The zero-order chi connectivity index (χ0) is 21.9. The Balaban J connectivity index is 0.00000363. The first-order chi connectivity index (χ1) is 15.2. The minimum Gasteiger partial charge on any atom is -0.379 e. The van der Waals surface area contributed by atoms with Gasteiger partial charge in [-0.1, -0.05) is 36.8 Å². The summed E-state index contributed by atoms with van der Waals surface area (Å²) in [5, 5.41) is 11.7. The predicted molar refractivity (Wildman–Crippen MR) is 140 cm³/mol. The molecule has 1 aromatic heterocycles. The van der Waals surface area contributed by atoms with E-state index in [1.165, 1.54) is 11.1 Å². The number of rotatable bonds is 10. The Morgan fingerprint density at radius 2 is 1.94 bits per heavy atom. The van der Waals surface area contributed by atoms with Gasteiger partial charge >= 0.3 is 0 Å². The molecule has 1 aromatic carbocycles. The molecule has 32 heavy (non-hydrogen) atoms. The Labute approximate surface area is 209 Å². The molecule has 1 saturated heterocycles. The van der Waals surface area contributed by atoms with Crippen LogP contribution in [0, 0.1) is 6.92 Å². The van der Waals surface area contributed by atoms with Crippen molar-refractivity contribution in [3.63, 3.8) is 0 Å². The van der Waals surface area contributed by atoms with Crippen molar-refractivity contribution in [2.75, 3.05) is 53.0 Å². The van der Waals surface area contributed by atoms with E-state index in [1.807, 2.05) is 0 Å². The number of nitrogens with one attached hydrogen (secondary N) is 1. The zero-order valence-corrected chi connectivity index (χ0v) is 22.0. The van der Waals surface area contributed by atoms with E-state index in [9.17, 15) is 0 Å². The van der Waals surface area contributed by atoms with Gasteiger partial charge in [-0.15, -0.1) is 34.2 Å². The van der Waals surface area contributed by atoms with E-state index in [1.54, 1.807) is 6.33 Å². The molecule has 2 heterocycles. The fourth-order valence-corrected chi connectivity index (χ4v) is 3.69. The fourth-order valence-electron chi connectivity index (χ4n) is 3.69. The largest absolute Gasteiger partial charge is 0.379 e. The summed E-state index contributed by atoms with van der Waals surface area (Å²) in [4.78, 5) is 9.58. The van der Waals surface area contributed by atoms with Gasteiger partial charge in [0.2, 0.25) is 0 Å². The third kappa shape index (κ3) is 8.67. The van der Waals surface area contributed by atoms with Gasteiger partial charge in [0.15, 0.2) is 5.96 Å². The number of benzene rings is 1. The number of hydrogen-bond donors (Lipinski definition) is 1. The van der Waals surface area contributed by atoms with Crippen LogP contribution in [-0.2, 0) is 24.2 Å². The average molecular weight is 556 g/mol. The molecule has 0 unspecified atom stereocenters. The molecule has 0 aliphatic carbocycles. The van der Waals surface area contributed by atoms with Crippen molar-refractivity contribution in [1.82, 2.24) is 29.9 Å². The normalized spacial score (nSPS) is 14.8. The Morgan fingerprint density at radius 3 is 2.66 bits per heavy atom. The molecule has 0 radical (unpaired) electrons. The predicted octanol–water partition coefficient (Wildman–Crippen LogP) is 2.57. The molecule has 1 aliphatic heterocycles. The SMILES string of the molecule is CCc1nncn1CCNC(=NCCCN1CCOCC1)N(C)Cc1ccc(C)cc1.I.